The molecule has 2 aromatic rings. The predicted octanol–water partition coefficient (Wildman–Crippen LogP) is 1.24. The Bertz CT molecular complexity index is 774. The monoisotopic (exact) mass is 314 g/mol. The first-order chi connectivity index (χ1) is 9.81. The van der Waals surface area contributed by atoms with E-state index in [4.69, 9.17) is 0 Å². The second-order valence-electron chi connectivity index (χ2n) is 4.19. The summed E-state index contributed by atoms with van der Waals surface area (Å²) in [6.45, 7) is 1.15. The van der Waals surface area contributed by atoms with Crippen molar-refractivity contribution < 1.29 is 17.7 Å². The van der Waals surface area contributed by atoms with Crippen molar-refractivity contribution in [2.24, 2.45) is 0 Å². The van der Waals surface area contributed by atoms with Crippen LogP contribution in [0.2, 0.25) is 0 Å². The van der Waals surface area contributed by atoms with Gasteiger partial charge >= 0.3 is 5.69 Å². The Morgan fingerprint density at radius 3 is 2.76 bits per heavy atom. The Hall–Kier alpha value is -2.33. The number of aromatic amines is 1. The summed E-state index contributed by atoms with van der Waals surface area (Å²) in [4.78, 5) is 15.9. The maximum atomic E-state index is 13.6. The van der Waals surface area contributed by atoms with E-state index in [0.717, 1.165) is 6.07 Å². The number of nitro benzene ring substituents is 1. The third-order valence-corrected chi connectivity index (χ3v) is 4.08. The molecule has 0 saturated carbocycles. The van der Waals surface area contributed by atoms with Gasteiger partial charge in [0.1, 0.15) is 5.82 Å². The smallest absolute Gasteiger partial charge is 0.306 e. The van der Waals surface area contributed by atoms with Crippen LogP contribution in [-0.4, -0.2) is 23.3 Å². The second-order valence-corrected chi connectivity index (χ2v) is 5.96. The van der Waals surface area contributed by atoms with E-state index in [2.05, 4.69) is 14.7 Å². The zero-order chi connectivity index (χ0) is 15.6. The van der Waals surface area contributed by atoms with Gasteiger partial charge in [0, 0.05) is 18.5 Å². The van der Waals surface area contributed by atoms with Crippen molar-refractivity contribution in [1.82, 2.24) is 14.7 Å². The van der Waals surface area contributed by atoms with Gasteiger partial charge in [0.05, 0.1) is 16.4 Å². The van der Waals surface area contributed by atoms with Gasteiger partial charge in [0.15, 0.2) is 0 Å². The van der Waals surface area contributed by atoms with Gasteiger partial charge in [-0.1, -0.05) is 0 Å². The lowest BCUT2D eigenvalue weighted by Gasteiger charge is -2.07. The minimum Gasteiger partial charge on any atom is -0.347 e. The predicted molar refractivity (Wildman–Crippen MR) is 70.4 cm³/mol. The minimum atomic E-state index is -4.01. The fourth-order valence-corrected chi connectivity index (χ4v) is 2.74. The van der Waals surface area contributed by atoms with Crippen molar-refractivity contribution in [2.45, 2.75) is 18.4 Å². The number of rotatable bonds is 5. The van der Waals surface area contributed by atoms with Crippen LogP contribution >= 0.6 is 0 Å². The molecule has 0 aliphatic heterocycles. The normalized spacial score (nSPS) is 11.5. The molecule has 1 aromatic carbocycles. The Balaban J connectivity index is 2.33. The number of imidazole rings is 1. The molecule has 0 radical (unpaired) electrons. The molecule has 21 heavy (non-hydrogen) atoms. The highest BCUT2D eigenvalue weighted by Gasteiger charge is 2.23. The van der Waals surface area contributed by atoms with Gasteiger partial charge < -0.3 is 4.98 Å². The van der Waals surface area contributed by atoms with E-state index < -0.39 is 26.5 Å². The topological polar surface area (TPSA) is 118 Å². The van der Waals surface area contributed by atoms with Crippen molar-refractivity contribution in [3.05, 3.63) is 51.8 Å². The molecule has 2 rings (SSSR count). The maximum Gasteiger partial charge on any atom is 0.306 e. The van der Waals surface area contributed by atoms with Crippen LogP contribution in [0.4, 0.5) is 10.1 Å². The minimum absolute atomic E-state index is 0.112. The highest BCUT2D eigenvalue weighted by molar-refractivity contribution is 7.89. The molecule has 2 N–H and O–H groups in total. The molecule has 1 aromatic heterocycles. The molecule has 112 valence electrons. The number of nitro groups is 1. The van der Waals surface area contributed by atoms with E-state index in [9.17, 15) is 22.9 Å². The molecule has 0 bridgehead atoms. The van der Waals surface area contributed by atoms with E-state index in [1.54, 1.807) is 0 Å². The highest BCUT2D eigenvalue weighted by atomic mass is 32.2. The SMILES string of the molecule is Cc1cc(S(=O)(=O)NCc2ncc[nH]2)cc([N+](=O)[O-])c1F. The summed E-state index contributed by atoms with van der Waals surface area (Å²) >= 11 is 0. The largest absolute Gasteiger partial charge is 0.347 e. The van der Waals surface area contributed by atoms with Crippen LogP contribution in [0.25, 0.3) is 0 Å². The van der Waals surface area contributed by atoms with Gasteiger partial charge in [-0.2, -0.15) is 4.39 Å². The first-order valence-corrected chi connectivity index (χ1v) is 7.22. The first-order valence-electron chi connectivity index (χ1n) is 5.73. The molecular formula is C11H11FN4O4S. The molecule has 0 aliphatic carbocycles. The molecule has 0 spiro atoms. The molecule has 8 nitrogen and oxygen atoms in total. The summed E-state index contributed by atoms with van der Waals surface area (Å²) in [5.74, 6) is -0.670. The Morgan fingerprint density at radius 1 is 1.48 bits per heavy atom. The molecule has 0 atom stereocenters. The number of H-pyrrole nitrogens is 1. The Kier molecular flexibility index (Phi) is 4.00. The van der Waals surface area contributed by atoms with Crippen LogP contribution in [0.1, 0.15) is 11.4 Å². The molecule has 10 heteroatoms. The fraction of sp³-hybridized carbons (Fsp3) is 0.182. The van der Waals surface area contributed by atoms with Crippen molar-refractivity contribution >= 4 is 15.7 Å². The summed E-state index contributed by atoms with van der Waals surface area (Å²) in [7, 11) is -4.01. The molecule has 0 aliphatic rings. The molecular weight excluding hydrogens is 303 g/mol. The van der Waals surface area contributed by atoms with Gasteiger partial charge in [-0.05, 0) is 18.6 Å². The number of nitrogens with one attached hydrogen (secondary N) is 2. The average Bonchev–Trinajstić information content (AvgIpc) is 2.92. The van der Waals surface area contributed by atoms with Crippen LogP contribution in [-0.2, 0) is 16.6 Å². The second kappa shape index (κ2) is 5.58. The molecule has 0 amide bonds. The average molecular weight is 314 g/mol. The van der Waals surface area contributed by atoms with E-state index in [0.29, 0.717) is 11.9 Å². The van der Waals surface area contributed by atoms with Crippen LogP contribution in [0.5, 0.6) is 0 Å². The van der Waals surface area contributed by atoms with E-state index >= 15 is 0 Å². The number of nitrogens with zero attached hydrogens (tertiary/aromatic N) is 2. The van der Waals surface area contributed by atoms with Gasteiger partial charge in [0.2, 0.25) is 15.8 Å². The molecule has 0 fully saturated rings. The van der Waals surface area contributed by atoms with Crippen LogP contribution in [0.15, 0.2) is 29.4 Å². The zero-order valence-electron chi connectivity index (χ0n) is 10.8. The third kappa shape index (κ3) is 3.23. The fourth-order valence-electron chi connectivity index (χ4n) is 1.65. The Morgan fingerprint density at radius 2 is 2.19 bits per heavy atom. The number of hydrogen-bond donors (Lipinski definition) is 2. The van der Waals surface area contributed by atoms with Gasteiger partial charge in [-0.25, -0.2) is 18.1 Å². The Labute approximate surface area is 119 Å². The lowest BCUT2D eigenvalue weighted by atomic mass is 10.2. The van der Waals surface area contributed by atoms with E-state index in [1.165, 1.54) is 19.3 Å². The molecule has 0 unspecified atom stereocenters. The summed E-state index contributed by atoms with van der Waals surface area (Å²) in [5.41, 5.74) is -1.00. The summed E-state index contributed by atoms with van der Waals surface area (Å²) in [6, 6.07) is 1.72. The summed E-state index contributed by atoms with van der Waals surface area (Å²) < 4.78 is 39.9. The number of hydrogen-bond acceptors (Lipinski definition) is 5. The standard InChI is InChI=1S/C11H11FN4O4S/c1-7-4-8(5-9(11(7)12)16(17)18)21(19,20)15-6-10-13-2-3-14-10/h2-5,15H,6H2,1H3,(H,13,14). The summed E-state index contributed by atoms with van der Waals surface area (Å²) in [6.07, 6.45) is 2.98. The maximum absolute atomic E-state index is 13.6. The first kappa shape index (κ1) is 15.1. The quantitative estimate of drug-likeness (QED) is 0.636. The lowest BCUT2D eigenvalue weighted by Crippen LogP contribution is -2.24. The lowest BCUT2D eigenvalue weighted by molar-refractivity contribution is -0.387. The van der Waals surface area contributed by atoms with Gasteiger partial charge in [-0.15, -0.1) is 0 Å². The highest BCUT2D eigenvalue weighted by Crippen LogP contribution is 2.25. The van der Waals surface area contributed by atoms with Crippen LogP contribution < -0.4 is 4.72 Å². The van der Waals surface area contributed by atoms with Crippen LogP contribution in [0.3, 0.4) is 0 Å². The van der Waals surface area contributed by atoms with Crippen LogP contribution in [0, 0.1) is 22.9 Å². The zero-order valence-corrected chi connectivity index (χ0v) is 11.6. The number of benzene rings is 1. The number of aryl methyl sites for hydroxylation is 1. The number of aromatic nitrogens is 2. The third-order valence-electron chi connectivity index (χ3n) is 2.70. The van der Waals surface area contributed by atoms with Crippen molar-refractivity contribution in [3.63, 3.8) is 0 Å². The van der Waals surface area contributed by atoms with Gasteiger partial charge in [-0.3, -0.25) is 10.1 Å². The molecule has 0 saturated heterocycles. The van der Waals surface area contributed by atoms with E-state index in [1.807, 2.05) is 0 Å². The van der Waals surface area contributed by atoms with E-state index in [-0.39, 0.29) is 17.0 Å². The number of halogens is 1. The number of sulfonamides is 1. The molecule has 1 heterocycles. The van der Waals surface area contributed by atoms with Crippen molar-refractivity contribution in [1.29, 1.82) is 0 Å². The van der Waals surface area contributed by atoms with Gasteiger partial charge in [0.25, 0.3) is 0 Å². The van der Waals surface area contributed by atoms with Crippen molar-refractivity contribution in [2.75, 3.05) is 0 Å². The van der Waals surface area contributed by atoms with Crippen molar-refractivity contribution in [3.8, 4) is 0 Å². The summed E-state index contributed by atoms with van der Waals surface area (Å²) in [5, 5.41) is 10.7.